The van der Waals surface area contributed by atoms with Gasteiger partial charge in [-0.2, -0.15) is 0 Å². The molecule has 0 bridgehead atoms. The molecule has 2 nitrogen and oxygen atoms in total. The van der Waals surface area contributed by atoms with Crippen LogP contribution < -0.4 is 0 Å². The van der Waals surface area contributed by atoms with Gasteiger partial charge in [-0.05, 0) is 24.0 Å². The molecule has 1 heterocycles. The molecule has 0 N–H and O–H groups in total. The molecular weight excluding hydrogens is 200 g/mol. The van der Waals surface area contributed by atoms with Gasteiger partial charge < -0.3 is 4.74 Å². The van der Waals surface area contributed by atoms with E-state index in [1.165, 1.54) is 0 Å². The maximum atomic E-state index is 11.9. The second kappa shape index (κ2) is 4.08. The second-order valence-electron chi connectivity index (χ2n) is 5.58. The average Bonchev–Trinajstić information content (AvgIpc) is 2.15. The highest BCUT2D eigenvalue weighted by molar-refractivity contribution is 6.00. The van der Waals surface area contributed by atoms with E-state index in [4.69, 9.17) is 4.74 Å². The Hall–Kier alpha value is -1.05. The monoisotopic (exact) mass is 220 g/mol. The van der Waals surface area contributed by atoms with Crippen LogP contribution in [0.1, 0.15) is 46.5 Å². The molecule has 0 aromatic carbocycles. The van der Waals surface area contributed by atoms with Crippen LogP contribution in [0.4, 0.5) is 0 Å². The summed E-state index contributed by atoms with van der Waals surface area (Å²) in [5.74, 6) is 1.15. The Morgan fingerprint density at radius 1 is 1.44 bits per heavy atom. The van der Waals surface area contributed by atoms with Crippen molar-refractivity contribution in [2.24, 2.45) is 5.41 Å². The van der Waals surface area contributed by atoms with E-state index in [0.717, 1.165) is 30.6 Å². The summed E-state index contributed by atoms with van der Waals surface area (Å²) in [5.41, 5.74) is 0.865. The van der Waals surface area contributed by atoms with Gasteiger partial charge in [0, 0.05) is 12.8 Å². The van der Waals surface area contributed by atoms with Gasteiger partial charge in [0.2, 0.25) is 0 Å². The van der Waals surface area contributed by atoms with Crippen molar-refractivity contribution in [3.63, 3.8) is 0 Å². The van der Waals surface area contributed by atoms with E-state index in [2.05, 4.69) is 20.8 Å². The van der Waals surface area contributed by atoms with Crippen molar-refractivity contribution in [1.82, 2.24) is 0 Å². The summed E-state index contributed by atoms with van der Waals surface area (Å²) in [6.07, 6.45) is 7.83. The SMILES string of the molecule is CCCC1C=CC2=C(CC(C)(C)CC2=O)O1. The zero-order valence-corrected chi connectivity index (χ0v) is 10.4. The van der Waals surface area contributed by atoms with Gasteiger partial charge in [-0.1, -0.05) is 27.2 Å². The van der Waals surface area contributed by atoms with Crippen LogP contribution in [0.2, 0.25) is 0 Å². The summed E-state index contributed by atoms with van der Waals surface area (Å²) in [4.78, 5) is 11.9. The van der Waals surface area contributed by atoms with Crippen molar-refractivity contribution in [2.75, 3.05) is 0 Å². The predicted octanol–water partition coefficient (Wildman–Crippen LogP) is 3.38. The quantitative estimate of drug-likeness (QED) is 0.713. The highest BCUT2D eigenvalue weighted by atomic mass is 16.5. The molecule has 88 valence electrons. The van der Waals surface area contributed by atoms with E-state index in [1.807, 2.05) is 12.2 Å². The Bertz CT molecular complexity index is 361. The van der Waals surface area contributed by atoms with Crippen LogP contribution in [-0.4, -0.2) is 11.9 Å². The molecule has 0 aromatic rings. The minimum Gasteiger partial charge on any atom is -0.490 e. The van der Waals surface area contributed by atoms with E-state index in [1.54, 1.807) is 0 Å². The number of carbonyl (C=O) groups excluding carboxylic acids is 1. The summed E-state index contributed by atoms with van der Waals surface area (Å²) in [5, 5.41) is 0. The van der Waals surface area contributed by atoms with Gasteiger partial charge in [0.05, 0.1) is 5.57 Å². The Balaban J connectivity index is 2.19. The number of Topliss-reactive ketones (excluding diaryl/α,β-unsaturated/α-hetero) is 1. The molecule has 0 spiro atoms. The van der Waals surface area contributed by atoms with Crippen molar-refractivity contribution in [2.45, 2.75) is 52.6 Å². The topological polar surface area (TPSA) is 26.3 Å². The van der Waals surface area contributed by atoms with E-state index in [0.29, 0.717) is 6.42 Å². The van der Waals surface area contributed by atoms with Gasteiger partial charge in [-0.15, -0.1) is 0 Å². The Morgan fingerprint density at radius 3 is 2.88 bits per heavy atom. The van der Waals surface area contributed by atoms with Gasteiger partial charge in [0.15, 0.2) is 5.78 Å². The zero-order chi connectivity index (χ0) is 11.8. The first kappa shape index (κ1) is 11.4. The van der Waals surface area contributed by atoms with Crippen LogP contribution in [0.15, 0.2) is 23.5 Å². The fourth-order valence-corrected chi connectivity index (χ4v) is 2.43. The third-order valence-corrected chi connectivity index (χ3v) is 3.22. The Labute approximate surface area is 97.4 Å². The predicted molar refractivity (Wildman–Crippen MR) is 64.0 cm³/mol. The second-order valence-corrected chi connectivity index (χ2v) is 5.58. The lowest BCUT2D eigenvalue weighted by Gasteiger charge is -2.34. The molecule has 0 aromatic heterocycles. The molecule has 0 radical (unpaired) electrons. The normalized spacial score (nSPS) is 27.7. The van der Waals surface area contributed by atoms with E-state index in [9.17, 15) is 4.79 Å². The number of allylic oxidation sites excluding steroid dienone is 3. The fourth-order valence-electron chi connectivity index (χ4n) is 2.43. The summed E-state index contributed by atoms with van der Waals surface area (Å²) < 4.78 is 5.91. The summed E-state index contributed by atoms with van der Waals surface area (Å²) in [6.45, 7) is 6.41. The molecule has 16 heavy (non-hydrogen) atoms. The number of ketones is 1. The molecule has 1 aliphatic heterocycles. The fraction of sp³-hybridized carbons (Fsp3) is 0.643. The van der Waals surface area contributed by atoms with E-state index in [-0.39, 0.29) is 17.3 Å². The van der Waals surface area contributed by atoms with Crippen molar-refractivity contribution >= 4 is 5.78 Å². The largest absolute Gasteiger partial charge is 0.490 e. The van der Waals surface area contributed by atoms with Gasteiger partial charge in [-0.3, -0.25) is 4.79 Å². The van der Waals surface area contributed by atoms with Gasteiger partial charge in [-0.25, -0.2) is 0 Å². The third-order valence-electron chi connectivity index (χ3n) is 3.22. The first-order valence-electron chi connectivity index (χ1n) is 6.13. The lowest BCUT2D eigenvalue weighted by Crippen LogP contribution is -2.29. The summed E-state index contributed by atoms with van der Waals surface area (Å²) >= 11 is 0. The van der Waals surface area contributed by atoms with Crippen LogP contribution in [0, 0.1) is 5.41 Å². The zero-order valence-electron chi connectivity index (χ0n) is 10.4. The lowest BCUT2D eigenvalue weighted by atomic mass is 9.76. The maximum Gasteiger partial charge on any atom is 0.166 e. The molecule has 1 aliphatic carbocycles. The Morgan fingerprint density at radius 2 is 2.19 bits per heavy atom. The van der Waals surface area contributed by atoms with Gasteiger partial charge >= 0.3 is 0 Å². The van der Waals surface area contributed by atoms with Gasteiger partial charge in [0.25, 0.3) is 0 Å². The van der Waals surface area contributed by atoms with Crippen molar-refractivity contribution in [3.8, 4) is 0 Å². The molecule has 0 saturated carbocycles. The van der Waals surface area contributed by atoms with Gasteiger partial charge in [0.1, 0.15) is 11.9 Å². The van der Waals surface area contributed by atoms with E-state index < -0.39 is 0 Å². The van der Waals surface area contributed by atoms with Crippen LogP contribution in [0.5, 0.6) is 0 Å². The smallest absolute Gasteiger partial charge is 0.166 e. The first-order chi connectivity index (χ1) is 7.52. The molecule has 1 atom stereocenters. The molecule has 0 fully saturated rings. The number of hydrogen-bond donors (Lipinski definition) is 0. The molecule has 0 saturated heterocycles. The highest BCUT2D eigenvalue weighted by Gasteiger charge is 2.35. The standard InChI is InChI=1S/C14H20O2/c1-4-5-10-6-7-11-12(15)8-14(2,3)9-13(11)16-10/h6-7,10H,4-5,8-9H2,1-3H3. The molecule has 2 rings (SSSR count). The molecule has 1 unspecified atom stereocenters. The first-order valence-corrected chi connectivity index (χ1v) is 6.13. The Kier molecular flexibility index (Phi) is 2.92. The lowest BCUT2D eigenvalue weighted by molar-refractivity contribution is -0.118. The summed E-state index contributed by atoms with van der Waals surface area (Å²) in [6, 6.07) is 0. The molecule has 0 amide bonds. The van der Waals surface area contributed by atoms with Crippen LogP contribution in [0.3, 0.4) is 0 Å². The molecular formula is C14H20O2. The third kappa shape index (κ3) is 2.21. The number of rotatable bonds is 2. The minimum absolute atomic E-state index is 0.0534. The van der Waals surface area contributed by atoms with Crippen LogP contribution in [-0.2, 0) is 9.53 Å². The highest BCUT2D eigenvalue weighted by Crippen LogP contribution is 2.39. The van der Waals surface area contributed by atoms with E-state index >= 15 is 0 Å². The molecule has 2 aliphatic rings. The van der Waals surface area contributed by atoms with Crippen molar-refractivity contribution in [3.05, 3.63) is 23.5 Å². The minimum atomic E-state index is 0.0534. The number of ether oxygens (including phenoxy) is 1. The summed E-state index contributed by atoms with van der Waals surface area (Å²) in [7, 11) is 0. The van der Waals surface area contributed by atoms with Crippen molar-refractivity contribution < 1.29 is 9.53 Å². The maximum absolute atomic E-state index is 11.9. The molecule has 2 heteroatoms. The van der Waals surface area contributed by atoms with Crippen molar-refractivity contribution in [1.29, 1.82) is 0 Å². The van der Waals surface area contributed by atoms with Crippen LogP contribution in [0.25, 0.3) is 0 Å². The number of hydrogen-bond acceptors (Lipinski definition) is 2. The average molecular weight is 220 g/mol. The number of carbonyl (C=O) groups is 1. The van der Waals surface area contributed by atoms with Crippen LogP contribution >= 0.6 is 0 Å².